The van der Waals surface area contributed by atoms with Gasteiger partial charge in [0.1, 0.15) is 5.82 Å². The first kappa shape index (κ1) is 13.5. The van der Waals surface area contributed by atoms with Crippen LogP contribution in [0.4, 0.5) is 4.39 Å². The lowest BCUT2D eigenvalue weighted by Crippen LogP contribution is -2.18. The number of benzene rings is 2. The molecule has 1 unspecified atom stereocenters. The maximum atomic E-state index is 13.5. The normalized spacial score (nSPS) is 12.4. The van der Waals surface area contributed by atoms with E-state index in [0.29, 0.717) is 9.50 Å². The predicted molar refractivity (Wildman–Crippen MR) is 76.5 cm³/mol. The topological polar surface area (TPSA) is 12.0 Å². The van der Waals surface area contributed by atoms with E-state index >= 15 is 0 Å². The number of hydrogen-bond acceptors (Lipinski definition) is 1. The fraction of sp³-hybridized carbons (Fsp3) is 0.143. The van der Waals surface area contributed by atoms with Crippen LogP contribution >= 0.6 is 27.5 Å². The molecule has 0 radical (unpaired) electrons. The Hall–Kier alpha value is -0.900. The van der Waals surface area contributed by atoms with Gasteiger partial charge in [-0.25, -0.2) is 4.39 Å². The van der Waals surface area contributed by atoms with Crippen molar-refractivity contribution >= 4 is 27.5 Å². The van der Waals surface area contributed by atoms with Crippen LogP contribution in [0.3, 0.4) is 0 Å². The van der Waals surface area contributed by atoms with E-state index in [1.807, 2.05) is 37.4 Å². The van der Waals surface area contributed by atoms with E-state index in [2.05, 4.69) is 21.2 Å². The van der Waals surface area contributed by atoms with Crippen molar-refractivity contribution in [3.05, 3.63) is 68.9 Å². The summed E-state index contributed by atoms with van der Waals surface area (Å²) < 4.78 is 14.2. The van der Waals surface area contributed by atoms with Crippen molar-refractivity contribution in [1.82, 2.24) is 5.32 Å². The quantitative estimate of drug-likeness (QED) is 0.871. The van der Waals surface area contributed by atoms with Crippen molar-refractivity contribution in [3.63, 3.8) is 0 Å². The first-order chi connectivity index (χ1) is 8.61. The lowest BCUT2D eigenvalue weighted by Gasteiger charge is -2.19. The molecule has 0 aliphatic carbocycles. The molecule has 1 N–H and O–H groups in total. The summed E-state index contributed by atoms with van der Waals surface area (Å²) in [5.41, 5.74) is 1.76. The van der Waals surface area contributed by atoms with E-state index in [0.717, 1.165) is 11.1 Å². The molecule has 2 aromatic carbocycles. The summed E-state index contributed by atoms with van der Waals surface area (Å²) in [6, 6.07) is 12.2. The van der Waals surface area contributed by atoms with Gasteiger partial charge in [0.2, 0.25) is 0 Å². The second-order valence-electron chi connectivity index (χ2n) is 3.95. The van der Waals surface area contributed by atoms with Crippen molar-refractivity contribution < 1.29 is 4.39 Å². The zero-order chi connectivity index (χ0) is 13.1. The van der Waals surface area contributed by atoms with Crippen molar-refractivity contribution in [2.24, 2.45) is 0 Å². The fourth-order valence-electron chi connectivity index (χ4n) is 1.95. The Labute approximate surface area is 119 Å². The highest BCUT2D eigenvalue weighted by molar-refractivity contribution is 9.10. The van der Waals surface area contributed by atoms with Crippen molar-refractivity contribution in [2.75, 3.05) is 7.05 Å². The average Bonchev–Trinajstić information content (AvgIpc) is 2.31. The summed E-state index contributed by atoms with van der Waals surface area (Å²) in [4.78, 5) is 0. The van der Waals surface area contributed by atoms with E-state index in [1.54, 1.807) is 0 Å². The van der Waals surface area contributed by atoms with Crippen LogP contribution in [-0.4, -0.2) is 7.05 Å². The molecule has 0 aliphatic rings. The zero-order valence-corrected chi connectivity index (χ0v) is 12.1. The van der Waals surface area contributed by atoms with Gasteiger partial charge in [0, 0.05) is 9.50 Å². The molecule has 94 valence electrons. The van der Waals surface area contributed by atoms with E-state index in [-0.39, 0.29) is 11.9 Å². The minimum Gasteiger partial charge on any atom is -0.309 e. The number of nitrogens with one attached hydrogen (secondary N) is 1. The molecule has 0 saturated carbocycles. The lowest BCUT2D eigenvalue weighted by molar-refractivity contribution is 0.615. The summed E-state index contributed by atoms with van der Waals surface area (Å²) in [5.74, 6) is -0.272. The molecule has 0 fully saturated rings. The Morgan fingerprint density at radius 3 is 2.56 bits per heavy atom. The minimum absolute atomic E-state index is 0.134. The molecule has 0 amide bonds. The van der Waals surface area contributed by atoms with Gasteiger partial charge in [0.15, 0.2) is 0 Å². The third-order valence-electron chi connectivity index (χ3n) is 2.72. The van der Waals surface area contributed by atoms with E-state index in [4.69, 9.17) is 11.6 Å². The molecule has 0 spiro atoms. The van der Waals surface area contributed by atoms with Gasteiger partial charge in [-0.2, -0.15) is 0 Å². The molecule has 0 heterocycles. The largest absolute Gasteiger partial charge is 0.309 e. The Morgan fingerprint density at radius 1 is 1.22 bits per heavy atom. The van der Waals surface area contributed by atoms with E-state index in [1.165, 1.54) is 12.1 Å². The smallest absolute Gasteiger partial charge is 0.124 e. The summed E-state index contributed by atoms with van der Waals surface area (Å²) in [6.07, 6.45) is 0. The van der Waals surface area contributed by atoms with Gasteiger partial charge in [-0.1, -0.05) is 45.7 Å². The van der Waals surface area contributed by atoms with Gasteiger partial charge < -0.3 is 5.32 Å². The first-order valence-corrected chi connectivity index (χ1v) is 6.66. The van der Waals surface area contributed by atoms with Crippen LogP contribution in [0.1, 0.15) is 17.2 Å². The first-order valence-electron chi connectivity index (χ1n) is 5.49. The van der Waals surface area contributed by atoms with Crippen molar-refractivity contribution in [3.8, 4) is 0 Å². The molecular formula is C14H12BrClFN. The standard InChI is InChI=1S/C14H12BrClFN/c1-18-14(12-4-2-3-5-13(12)16)9-6-10(15)8-11(17)7-9/h2-8,14,18H,1H3. The SMILES string of the molecule is CNC(c1cc(F)cc(Br)c1)c1ccccc1Cl. The Morgan fingerprint density at radius 2 is 1.94 bits per heavy atom. The number of hydrogen-bond donors (Lipinski definition) is 1. The predicted octanol–water partition coefficient (Wildman–Crippen LogP) is 4.55. The number of halogens is 3. The highest BCUT2D eigenvalue weighted by Gasteiger charge is 2.15. The molecule has 0 saturated heterocycles. The monoisotopic (exact) mass is 327 g/mol. The van der Waals surface area contributed by atoms with Gasteiger partial charge in [-0.15, -0.1) is 0 Å². The summed E-state index contributed by atoms with van der Waals surface area (Å²) in [6.45, 7) is 0. The van der Waals surface area contributed by atoms with Crippen LogP contribution in [0.2, 0.25) is 5.02 Å². The van der Waals surface area contributed by atoms with Crippen LogP contribution in [-0.2, 0) is 0 Å². The molecular weight excluding hydrogens is 317 g/mol. The van der Waals surface area contributed by atoms with Crippen LogP contribution in [0.5, 0.6) is 0 Å². The van der Waals surface area contributed by atoms with Gasteiger partial charge >= 0.3 is 0 Å². The Kier molecular flexibility index (Phi) is 4.38. The van der Waals surface area contributed by atoms with Crippen molar-refractivity contribution in [1.29, 1.82) is 0 Å². The molecule has 2 aromatic rings. The molecule has 0 aromatic heterocycles. The lowest BCUT2D eigenvalue weighted by atomic mass is 9.99. The molecule has 4 heteroatoms. The molecule has 0 aliphatic heterocycles. The fourth-order valence-corrected chi connectivity index (χ4v) is 2.68. The van der Waals surface area contributed by atoms with Crippen molar-refractivity contribution in [2.45, 2.75) is 6.04 Å². The second kappa shape index (κ2) is 5.83. The maximum Gasteiger partial charge on any atom is 0.124 e. The summed E-state index contributed by atoms with van der Waals surface area (Å²) >= 11 is 9.48. The van der Waals surface area contributed by atoms with E-state index < -0.39 is 0 Å². The summed E-state index contributed by atoms with van der Waals surface area (Å²) in [7, 11) is 1.83. The summed E-state index contributed by atoms with van der Waals surface area (Å²) in [5, 5.41) is 3.82. The van der Waals surface area contributed by atoms with Crippen LogP contribution in [0, 0.1) is 5.82 Å². The minimum atomic E-state index is -0.272. The average molecular weight is 329 g/mol. The van der Waals surface area contributed by atoms with Crippen LogP contribution in [0.25, 0.3) is 0 Å². The third kappa shape index (κ3) is 2.91. The van der Waals surface area contributed by atoms with Gasteiger partial charge in [-0.05, 0) is 42.4 Å². The van der Waals surface area contributed by atoms with E-state index in [9.17, 15) is 4.39 Å². The molecule has 0 bridgehead atoms. The van der Waals surface area contributed by atoms with Gasteiger partial charge in [-0.3, -0.25) is 0 Å². The molecule has 2 rings (SSSR count). The molecule has 1 nitrogen and oxygen atoms in total. The zero-order valence-electron chi connectivity index (χ0n) is 9.75. The molecule has 18 heavy (non-hydrogen) atoms. The van der Waals surface area contributed by atoms with Crippen LogP contribution in [0.15, 0.2) is 46.9 Å². The maximum absolute atomic E-state index is 13.5. The second-order valence-corrected chi connectivity index (χ2v) is 5.27. The Bertz CT molecular complexity index is 539. The van der Waals surface area contributed by atoms with Gasteiger partial charge in [0.05, 0.1) is 6.04 Å². The number of rotatable bonds is 3. The van der Waals surface area contributed by atoms with Gasteiger partial charge in [0.25, 0.3) is 0 Å². The highest BCUT2D eigenvalue weighted by atomic mass is 79.9. The molecule has 1 atom stereocenters. The third-order valence-corrected chi connectivity index (χ3v) is 3.53. The highest BCUT2D eigenvalue weighted by Crippen LogP contribution is 2.29. The van der Waals surface area contributed by atoms with Crippen LogP contribution < -0.4 is 5.32 Å². The Balaban J connectivity index is 2.48.